The zero-order valence-electron chi connectivity index (χ0n) is 23.2. The number of carbonyl (C=O) groups excluding carboxylic acids is 1. The normalized spacial score (nSPS) is 27.2. The van der Waals surface area contributed by atoms with Gasteiger partial charge in [0.1, 0.15) is 0 Å². The van der Waals surface area contributed by atoms with Gasteiger partial charge in [0.25, 0.3) is 5.95 Å². The first-order valence-corrected chi connectivity index (χ1v) is 14.9. The molecule has 1 saturated heterocycles. The van der Waals surface area contributed by atoms with E-state index in [1.807, 2.05) is 29.2 Å². The fourth-order valence-electron chi connectivity index (χ4n) is 7.31. The van der Waals surface area contributed by atoms with Crippen LogP contribution in [0.2, 0.25) is 0 Å². The van der Waals surface area contributed by atoms with Gasteiger partial charge in [-0.2, -0.15) is 4.98 Å². The second kappa shape index (κ2) is 11.4. The average molecular weight is 549 g/mol. The molecule has 1 aromatic carbocycles. The maximum Gasteiger partial charge on any atom is 0.328 e. The van der Waals surface area contributed by atoms with E-state index >= 15 is 0 Å². The molecule has 214 valence electrons. The fourth-order valence-corrected chi connectivity index (χ4v) is 7.31. The standard InChI is InChI=1S/C31H40N4O5/c36-26(37)10-9-23-5-4-8-25(21-23)35(27(38)24-6-2-1-3-7-24)22-30-11-14-31(15-12-30,16-13-30)28-32-29(33-40-28)34-17-19-39-20-18-34/h4-5,8-10,21,24H,1-3,6-7,11-20,22H2,(H,36,37)/b10-9+. The van der Waals surface area contributed by atoms with Crippen LogP contribution in [0.5, 0.6) is 0 Å². The molecule has 4 aliphatic carbocycles. The summed E-state index contributed by atoms with van der Waals surface area (Å²) >= 11 is 0. The van der Waals surface area contributed by atoms with E-state index in [1.165, 1.54) is 6.42 Å². The summed E-state index contributed by atoms with van der Waals surface area (Å²) in [6, 6.07) is 7.76. The van der Waals surface area contributed by atoms with Crippen molar-refractivity contribution < 1.29 is 24.0 Å². The average Bonchev–Trinajstić information content (AvgIpc) is 3.52. The quantitative estimate of drug-likeness (QED) is 0.448. The zero-order chi connectivity index (χ0) is 27.6. The fraction of sp³-hybridized carbons (Fsp3) is 0.613. The molecule has 1 aromatic heterocycles. The number of hydrogen-bond donors (Lipinski definition) is 1. The lowest BCUT2D eigenvalue weighted by Crippen LogP contribution is -2.51. The Hall–Kier alpha value is -3.20. The molecule has 2 heterocycles. The molecule has 40 heavy (non-hydrogen) atoms. The molecular formula is C31H40N4O5. The Kier molecular flexibility index (Phi) is 7.66. The molecule has 9 heteroatoms. The Bertz CT molecular complexity index is 1220. The molecular weight excluding hydrogens is 508 g/mol. The summed E-state index contributed by atoms with van der Waals surface area (Å²) in [5.74, 6) is 0.756. The second-order valence-corrected chi connectivity index (χ2v) is 12.3. The molecule has 7 rings (SSSR count). The molecule has 1 amide bonds. The molecule has 2 aromatic rings. The van der Waals surface area contributed by atoms with Gasteiger partial charge in [0, 0.05) is 42.7 Å². The Morgan fingerprint density at radius 1 is 1.05 bits per heavy atom. The SMILES string of the molecule is O=C(O)/C=C/c1cccc(N(CC23CCC(c4nc(N5CCOCC5)no4)(CC2)CC3)C(=O)C2CCCCC2)c1. The third kappa shape index (κ3) is 5.53. The van der Waals surface area contributed by atoms with Crippen molar-refractivity contribution in [1.29, 1.82) is 0 Å². The highest BCUT2D eigenvalue weighted by atomic mass is 16.5. The van der Waals surface area contributed by atoms with E-state index in [1.54, 1.807) is 6.08 Å². The van der Waals surface area contributed by atoms with Gasteiger partial charge in [-0.15, -0.1) is 0 Å². The molecule has 0 radical (unpaired) electrons. The van der Waals surface area contributed by atoms with Crippen LogP contribution in [-0.2, 0) is 19.7 Å². The van der Waals surface area contributed by atoms with Crippen molar-refractivity contribution in [3.63, 3.8) is 0 Å². The number of hydrogen-bond acceptors (Lipinski definition) is 7. The number of aromatic nitrogens is 2. The van der Waals surface area contributed by atoms with Crippen molar-refractivity contribution in [2.75, 3.05) is 42.6 Å². The van der Waals surface area contributed by atoms with Crippen LogP contribution in [0.15, 0.2) is 34.9 Å². The number of ether oxygens (including phenoxy) is 1. The molecule has 0 unspecified atom stereocenters. The lowest BCUT2D eigenvalue weighted by Gasteiger charge is -2.53. The highest BCUT2D eigenvalue weighted by Crippen LogP contribution is 2.58. The van der Waals surface area contributed by atoms with E-state index < -0.39 is 5.97 Å². The van der Waals surface area contributed by atoms with Gasteiger partial charge in [-0.05, 0) is 85.7 Å². The molecule has 9 nitrogen and oxygen atoms in total. The largest absolute Gasteiger partial charge is 0.478 e. The van der Waals surface area contributed by atoms with Gasteiger partial charge in [-0.25, -0.2) is 4.79 Å². The number of aliphatic carboxylic acids is 1. The van der Waals surface area contributed by atoms with Crippen LogP contribution < -0.4 is 9.80 Å². The summed E-state index contributed by atoms with van der Waals surface area (Å²) in [6.07, 6.45) is 14.1. The van der Waals surface area contributed by atoms with E-state index in [4.69, 9.17) is 19.4 Å². The van der Waals surface area contributed by atoms with Gasteiger partial charge in [-0.3, -0.25) is 4.79 Å². The summed E-state index contributed by atoms with van der Waals surface area (Å²) in [5.41, 5.74) is 1.65. The molecule has 1 N–H and O–H groups in total. The van der Waals surface area contributed by atoms with Crippen LogP contribution in [0.25, 0.3) is 6.08 Å². The molecule has 4 saturated carbocycles. The van der Waals surface area contributed by atoms with Gasteiger partial charge < -0.3 is 24.2 Å². The number of carboxylic acid groups (broad SMARTS) is 1. The maximum absolute atomic E-state index is 14.0. The number of carboxylic acids is 1. The van der Waals surface area contributed by atoms with E-state index in [0.717, 1.165) is 101 Å². The summed E-state index contributed by atoms with van der Waals surface area (Å²) in [4.78, 5) is 34.2. The van der Waals surface area contributed by atoms with Crippen molar-refractivity contribution in [3.8, 4) is 0 Å². The number of nitrogens with zero attached hydrogens (tertiary/aromatic N) is 4. The lowest BCUT2D eigenvalue weighted by atomic mass is 9.53. The second-order valence-electron chi connectivity index (χ2n) is 12.3. The summed E-state index contributed by atoms with van der Waals surface area (Å²) in [5, 5.41) is 13.4. The van der Waals surface area contributed by atoms with Gasteiger partial charge in [0.05, 0.1) is 13.2 Å². The van der Waals surface area contributed by atoms with Crippen molar-refractivity contribution in [1.82, 2.24) is 10.1 Å². The Morgan fingerprint density at radius 2 is 1.77 bits per heavy atom. The van der Waals surface area contributed by atoms with Crippen LogP contribution in [0, 0.1) is 11.3 Å². The van der Waals surface area contributed by atoms with Crippen molar-refractivity contribution in [2.24, 2.45) is 11.3 Å². The third-order valence-electron chi connectivity index (χ3n) is 9.88. The summed E-state index contributed by atoms with van der Waals surface area (Å²) in [7, 11) is 0. The minimum atomic E-state index is -0.981. The van der Waals surface area contributed by atoms with Crippen molar-refractivity contribution >= 4 is 29.6 Å². The van der Waals surface area contributed by atoms with Crippen LogP contribution in [0.4, 0.5) is 11.6 Å². The minimum Gasteiger partial charge on any atom is -0.478 e. The van der Waals surface area contributed by atoms with Gasteiger partial charge >= 0.3 is 5.97 Å². The summed E-state index contributed by atoms with van der Waals surface area (Å²) < 4.78 is 11.3. The highest BCUT2D eigenvalue weighted by Gasteiger charge is 2.53. The monoisotopic (exact) mass is 548 g/mol. The molecule has 5 fully saturated rings. The molecule has 2 bridgehead atoms. The topological polar surface area (TPSA) is 109 Å². The third-order valence-corrected chi connectivity index (χ3v) is 9.88. The number of anilines is 2. The van der Waals surface area contributed by atoms with Gasteiger partial charge in [0.15, 0.2) is 0 Å². The van der Waals surface area contributed by atoms with Crippen LogP contribution in [0.1, 0.15) is 82.1 Å². The van der Waals surface area contributed by atoms with E-state index in [2.05, 4.69) is 10.1 Å². The van der Waals surface area contributed by atoms with Crippen LogP contribution in [0.3, 0.4) is 0 Å². The first-order valence-electron chi connectivity index (χ1n) is 14.9. The number of fused-ring (bicyclic) bond motifs is 3. The first-order chi connectivity index (χ1) is 19.5. The molecule has 5 aliphatic rings. The van der Waals surface area contributed by atoms with E-state index in [9.17, 15) is 9.59 Å². The predicted molar refractivity (Wildman–Crippen MR) is 151 cm³/mol. The smallest absolute Gasteiger partial charge is 0.328 e. The maximum atomic E-state index is 14.0. The Balaban J connectivity index is 1.21. The predicted octanol–water partition coefficient (Wildman–Crippen LogP) is 5.21. The molecule has 0 atom stereocenters. The number of amides is 1. The van der Waals surface area contributed by atoms with Crippen molar-refractivity contribution in [2.45, 2.75) is 76.0 Å². The highest BCUT2D eigenvalue weighted by molar-refractivity contribution is 5.95. The first kappa shape index (κ1) is 27.0. The van der Waals surface area contributed by atoms with Gasteiger partial charge in [-0.1, -0.05) is 31.4 Å². The Morgan fingerprint density at radius 3 is 2.48 bits per heavy atom. The number of rotatable bonds is 8. The van der Waals surface area contributed by atoms with Crippen LogP contribution in [-0.4, -0.2) is 60.0 Å². The number of morpholine rings is 1. The summed E-state index contributed by atoms with van der Waals surface area (Å²) in [6.45, 7) is 3.65. The zero-order valence-corrected chi connectivity index (χ0v) is 23.2. The number of carbonyl (C=O) groups is 2. The Labute approximate surface area is 235 Å². The van der Waals surface area contributed by atoms with Crippen molar-refractivity contribution in [3.05, 3.63) is 41.8 Å². The molecule has 0 spiro atoms. The van der Waals surface area contributed by atoms with E-state index in [0.29, 0.717) is 25.7 Å². The lowest BCUT2D eigenvalue weighted by molar-refractivity contribution is -0.131. The number of benzene rings is 1. The van der Waals surface area contributed by atoms with Crippen LogP contribution >= 0.6 is 0 Å². The minimum absolute atomic E-state index is 0.0616. The van der Waals surface area contributed by atoms with Gasteiger partial charge in [0.2, 0.25) is 11.8 Å². The van der Waals surface area contributed by atoms with E-state index in [-0.39, 0.29) is 22.7 Å². The molecule has 1 aliphatic heterocycles.